The molecule has 0 radical (unpaired) electrons. The van der Waals surface area contributed by atoms with Crippen molar-refractivity contribution in [3.05, 3.63) is 18.1 Å². The Bertz CT molecular complexity index is 580. The molecule has 8 nitrogen and oxygen atoms in total. The molecule has 0 saturated carbocycles. The van der Waals surface area contributed by atoms with Gasteiger partial charge in [0.15, 0.2) is 0 Å². The van der Waals surface area contributed by atoms with Crippen LogP contribution in [-0.4, -0.2) is 41.3 Å². The molecule has 20 heavy (non-hydrogen) atoms. The summed E-state index contributed by atoms with van der Waals surface area (Å²) in [5, 5.41) is 20.4. The van der Waals surface area contributed by atoms with Crippen LogP contribution in [0.2, 0.25) is 0 Å². The first-order valence-corrected chi connectivity index (χ1v) is 6.37. The lowest BCUT2D eigenvalue weighted by atomic mass is 10.0. The Morgan fingerprint density at radius 2 is 2.20 bits per heavy atom. The van der Waals surface area contributed by atoms with E-state index in [1.165, 1.54) is 0 Å². The molecule has 1 atom stereocenters. The van der Waals surface area contributed by atoms with Gasteiger partial charge in [0.25, 0.3) is 0 Å². The predicted octanol–water partition coefficient (Wildman–Crippen LogP) is 0.939. The van der Waals surface area contributed by atoms with Crippen LogP contribution in [0.25, 0.3) is 11.5 Å². The fraction of sp³-hybridized carbons (Fsp3) is 0.500. The molecule has 0 spiro atoms. The third-order valence-corrected chi connectivity index (χ3v) is 3.01. The van der Waals surface area contributed by atoms with Gasteiger partial charge in [-0.25, -0.2) is 9.67 Å². The van der Waals surface area contributed by atoms with Crippen LogP contribution in [0.4, 0.5) is 0 Å². The van der Waals surface area contributed by atoms with Crippen molar-refractivity contribution in [1.82, 2.24) is 30.2 Å². The Balaban J connectivity index is 2.19. The molecule has 2 aromatic heterocycles. The standard InChI is InChI=1S/C12H16N6O2/c1-3-9(4-11(19)20)7-18-12(15-16-17-18)10-6-13-8(2)5-14-10/h5-6,9H,3-4,7H2,1-2H3,(H,19,20). The van der Waals surface area contributed by atoms with E-state index in [0.29, 0.717) is 18.1 Å². The van der Waals surface area contributed by atoms with E-state index in [1.54, 1.807) is 17.1 Å². The summed E-state index contributed by atoms with van der Waals surface area (Å²) in [5.74, 6) is -0.337. The van der Waals surface area contributed by atoms with E-state index >= 15 is 0 Å². The lowest BCUT2D eigenvalue weighted by Crippen LogP contribution is -2.16. The maximum Gasteiger partial charge on any atom is 0.303 e. The number of aryl methyl sites for hydroxylation is 1. The van der Waals surface area contributed by atoms with Gasteiger partial charge in [0.2, 0.25) is 5.82 Å². The molecule has 0 aliphatic rings. The number of carboxylic acids is 1. The Morgan fingerprint density at radius 3 is 2.80 bits per heavy atom. The third-order valence-electron chi connectivity index (χ3n) is 3.01. The molecule has 8 heteroatoms. The lowest BCUT2D eigenvalue weighted by Gasteiger charge is -2.12. The summed E-state index contributed by atoms with van der Waals surface area (Å²) >= 11 is 0. The lowest BCUT2D eigenvalue weighted by molar-refractivity contribution is -0.138. The SMILES string of the molecule is CCC(CC(=O)O)Cn1nnnc1-c1cnc(C)cn1. The Hall–Kier alpha value is -2.38. The number of tetrazole rings is 1. The zero-order chi connectivity index (χ0) is 14.5. The van der Waals surface area contributed by atoms with Gasteiger partial charge in [0.05, 0.1) is 11.9 Å². The minimum atomic E-state index is -0.818. The van der Waals surface area contributed by atoms with E-state index in [0.717, 1.165) is 12.1 Å². The largest absolute Gasteiger partial charge is 0.481 e. The minimum Gasteiger partial charge on any atom is -0.481 e. The molecular weight excluding hydrogens is 260 g/mol. The highest BCUT2D eigenvalue weighted by molar-refractivity contribution is 5.67. The molecule has 0 aliphatic carbocycles. The van der Waals surface area contributed by atoms with E-state index in [2.05, 4.69) is 25.5 Å². The summed E-state index contributed by atoms with van der Waals surface area (Å²) in [4.78, 5) is 19.2. The maximum atomic E-state index is 10.8. The van der Waals surface area contributed by atoms with E-state index in [-0.39, 0.29) is 12.3 Å². The van der Waals surface area contributed by atoms with Crippen molar-refractivity contribution >= 4 is 5.97 Å². The molecular formula is C12H16N6O2. The van der Waals surface area contributed by atoms with Gasteiger partial charge in [0, 0.05) is 19.2 Å². The fourth-order valence-electron chi connectivity index (χ4n) is 1.85. The normalized spacial score (nSPS) is 12.3. The molecule has 0 fully saturated rings. The molecule has 0 bridgehead atoms. The fourth-order valence-corrected chi connectivity index (χ4v) is 1.85. The first-order chi connectivity index (χ1) is 9.60. The molecule has 2 heterocycles. The van der Waals surface area contributed by atoms with Crippen molar-refractivity contribution in [3.8, 4) is 11.5 Å². The number of aromatic nitrogens is 6. The van der Waals surface area contributed by atoms with Crippen LogP contribution in [0.3, 0.4) is 0 Å². The topological polar surface area (TPSA) is 107 Å². The molecule has 106 valence electrons. The quantitative estimate of drug-likeness (QED) is 0.836. The summed E-state index contributed by atoms with van der Waals surface area (Å²) in [6.07, 6.45) is 4.08. The van der Waals surface area contributed by atoms with Gasteiger partial charge >= 0.3 is 5.97 Å². The van der Waals surface area contributed by atoms with E-state index in [9.17, 15) is 4.79 Å². The van der Waals surface area contributed by atoms with Gasteiger partial charge in [-0.05, 0) is 23.3 Å². The number of carboxylic acid groups (broad SMARTS) is 1. The van der Waals surface area contributed by atoms with Crippen molar-refractivity contribution in [3.63, 3.8) is 0 Å². The Morgan fingerprint density at radius 1 is 1.40 bits per heavy atom. The maximum absolute atomic E-state index is 10.8. The summed E-state index contributed by atoms with van der Waals surface area (Å²) in [7, 11) is 0. The van der Waals surface area contributed by atoms with Gasteiger partial charge in [-0.15, -0.1) is 5.10 Å². The van der Waals surface area contributed by atoms with Crippen molar-refractivity contribution < 1.29 is 9.90 Å². The number of carbonyl (C=O) groups is 1. The highest BCUT2D eigenvalue weighted by Crippen LogP contribution is 2.16. The monoisotopic (exact) mass is 276 g/mol. The van der Waals surface area contributed by atoms with Gasteiger partial charge in [-0.2, -0.15) is 0 Å². The average Bonchev–Trinajstić information content (AvgIpc) is 2.86. The first-order valence-electron chi connectivity index (χ1n) is 6.37. The summed E-state index contributed by atoms with van der Waals surface area (Å²) in [5.41, 5.74) is 1.39. The predicted molar refractivity (Wildman–Crippen MR) is 69.6 cm³/mol. The van der Waals surface area contributed by atoms with E-state index in [1.807, 2.05) is 13.8 Å². The molecule has 0 aromatic carbocycles. The molecule has 0 aliphatic heterocycles. The van der Waals surface area contributed by atoms with Crippen LogP contribution < -0.4 is 0 Å². The van der Waals surface area contributed by atoms with Gasteiger partial charge < -0.3 is 5.11 Å². The van der Waals surface area contributed by atoms with Crippen molar-refractivity contribution in [2.24, 2.45) is 5.92 Å². The molecule has 1 N–H and O–H groups in total. The van der Waals surface area contributed by atoms with Crippen molar-refractivity contribution in [2.45, 2.75) is 33.2 Å². The van der Waals surface area contributed by atoms with Crippen LogP contribution in [0.5, 0.6) is 0 Å². The van der Waals surface area contributed by atoms with Crippen molar-refractivity contribution in [2.75, 3.05) is 0 Å². The highest BCUT2D eigenvalue weighted by atomic mass is 16.4. The minimum absolute atomic E-state index is 0.0202. The molecule has 0 saturated heterocycles. The highest BCUT2D eigenvalue weighted by Gasteiger charge is 2.17. The number of hydrogen-bond donors (Lipinski definition) is 1. The second-order valence-electron chi connectivity index (χ2n) is 4.60. The second-order valence-corrected chi connectivity index (χ2v) is 4.60. The molecule has 0 amide bonds. The van der Waals surface area contributed by atoms with E-state index < -0.39 is 5.97 Å². The summed E-state index contributed by atoms with van der Waals surface area (Å²) in [6, 6.07) is 0. The first kappa shape index (κ1) is 14.0. The zero-order valence-electron chi connectivity index (χ0n) is 11.4. The Labute approximate surface area is 115 Å². The summed E-state index contributed by atoms with van der Waals surface area (Å²) in [6.45, 7) is 4.24. The van der Waals surface area contributed by atoms with Gasteiger partial charge in [0.1, 0.15) is 5.69 Å². The molecule has 2 aromatic rings. The molecule has 1 unspecified atom stereocenters. The van der Waals surface area contributed by atoms with Crippen LogP contribution in [0.15, 0.2) is 12.4 Å². The zero-order valence-corrected chi connectivity index (χ0v) is 11.4. The Kier molecular flexibility index (Phi) is 4.34. The van der Waals surface area contributed by atoms with Crippen LogP contribution >= 0.6 is 0 Å². The van der Waals surface area contributed by atoms with Crippen LogP contribution in [0, 0.1) is 12.8 Å². The summed E-state index contributed by atoms with van der Waals surface area (Å²) < 4.78 is 1.58. The second kappa shape index (κ2) is 6.18. The number of aliphatic carboxylic acids is 1. The average molecular weight is 276 g/mol. The van der Waals surface area contributed by atoms with Gasteiger partial charge in [-0.1, -0.05) is 13.3 Å². The van der Waals surface area contributed by atoms with Crippen molar-refractivity contribution in [1.29, 1.82) is 0 Å². The number of hydrogen-bond acceptors (Lipinski definition) is 6. The number of nitrogens with zero attached hydrogens (tertiary/aromatic N) is 6. The van der Waals surface area contributed by atoms with Gasteiger partial charge in [-0.3, -0.25) is 9.78 Å². The van der Waals surface area contributed by atoms with Crippen LogP contribution in [-0.2, 0) is 11.3 Å². The van der Waals surface area contributed by atoms with E-state index in [4.69, 9.17) is 5.11 Å². The van der Waals surface area contributed by atoms with Crippen LogP contribution in [0.1, 0.15) is 25.5 Å². The smallest absolute Gasteiger partial charge is 0.303 e. The molecule has 2 rings (SSSR count). The third kappa shape index (κ3) is 3.34. The number of rotatable bonds is 6.